The molecule has 0 bridgehead atoms. The van der Waals surface area contributed by atoms with Crippen molar-refractivity contribution in [1.29, 1.82) is 0 Å². The zero-order valence-corrected chi connectivity index (χ0v) is 12.6. The number of benzene rings is 1. The van der Waals surface area contributed by atoms with Gasteiger partial charge in [0.25, 0.3) is 0 Å². The van der Waals surface area contributed by atoms with Crippen LogP contribution in [0.2, 0.25) is 0 Å². The first-order chi connectivity index (χ1) is 9.94. The SMILES string of the molecule is COc1ccc(C(=O)O)cc1S(=O)(=O)NCC1CCCC1. The summed E-state index contributed by atoms with van der Waals surface area (Å²) in [6.45, 7) is 0.378. The third-order valence-corrected chi connectivity index (χ3v) is 5.18. The number of nitrogens with one attached hydrogen (secondary N) is 1. The third-order valence-electron chi connectivity index (χ3n) is 3.74. The first-order valence-electron chi connectivity index (χ1n) is 6.85. The van der Waals surface area contributed by atoms with Crippen molar-refractivity contribution in [1.82, 2.24) is 4.72 Å². The van der Waals surface area contributed by atoms with Crippen LogP contribution in [-0.2, 0) is 10.0 Å². The van der Waals surface area contributed by atoms with E-state index in [1.54, 1.807) is 0 Å². The van der Waals surface area contributed by atoms with E-state index in [0.29, 0.717) is 12.5 Å². The van der Waals surface area contributed by atoms with Crippen LogP contribution in [0, 0.1) is 5.92 Å². The van der Waals surface area contributed by atoms with Gasteiger partial charge in [-0.25, -0.2) is 17.9 Å². The van der Waals surface area contributed by atoms with E-state index in [9.17, 15) is 13.2 Å². The standard InChI is InChI=1S/C14H19NO5S/c1-20-12-7-6-11(14(16)17)8-13(12)21(18,19)15-9-10-4-2-3-5-10/h6-8,10,15H,2-5,9H2,1H3,(H,16,17). The number of ether oxygens (including phenoxy) is 1. The van der Waals surface area contributed by atoms with Crippen LogP contribution < -0.4 is 9.46 Å². The maximum atomic E-state index is 12.4. The predicted molar refractivity (Wildman–Crippen MR) is 77.1 cm³/mol. The first kappa shape index (κ1) is 15.8. The van der Waals surface area contributed by atoms with E-state index < -0.39 is 16.0 Å². The Kier molecular flexibility index (Phi) is 4.84. The molecule has 2 N–H and O–H groups in total. The molecule has 116 valence electrons. The summed E-state index contributed by atoms with van der Waals surface area (Å²) in [5.74, 6) is -0.683. The van der Waals surface area contributed by atoms with E-state index in [1.807, 2.05) is 0 Å². The highest BCUT2D eigenvalue weighted by Crippen LogP contribution is 2.27. The van der Waals surface area contributed by atoms with Crippen LogP contribution in [0.1, 0.15) is 36.0 Å². The summed E-state index contributed by atoms with van der Waals surface area (Å²) in [5, 5.41) is 8.99. The molecule has 0 atom stereocenters. The Morgan fingerprint density at radius 3 is 2.62 bits per heavy atom. The molecule has 21 heavy (non-hydrogen) atoms. The molecule has 1 aromatic rings. The topological polar surface area (TPSA) is 92.7 Å². The van der Waals surface area contributed by atoms with E-state index in [4.69, 9.17) is 9.84 Å². The average molecular weight is 313 g/mol. The van der Waals surface area contributed by atoms with Crippen molar-refractivity contribution >= 4 is 16.0 Å². The van der Waals surface area contributed by atoms with Crippen molar-refractivity contribution in [3.63, 3.8) is 0 Å². The molecule has 0 aromatic heterocycles. The average Bonchev–Trinajstić information content (AvgIpc) is 2.98. The fraction of sp³-hybridized carbons (Fsp3) is 0.500. The Morgan fingerprint density at radius 1 is 1.38 bits per heavy atom. The van der Waals surface area contributed by atoms with Crippen molar-refractivity contribution in [2.75, 3.05) is 13.7 Å². The predicted octanol–water partition coefficient (Wildman–Crippen LogP) is 1.86. The molecular formula is C14H19NO5S. The highest BCUT2D eigenvalue weighted by atomic mass is 32.2. The Bertz CT molecular complexity index is 620. The second-order valence-corrected chi connectivity index (χ2v) is 6.91. The lowest BCUT2D eigenvalue weighted by Crippen LogP contribution is -2.29. The van der Waals surface area contributed by atoms with Crippen molar-refractivity contribution in [3.8, 4) is 5.75 Å². The molecule has 7 heteroatoms. The normalized spacial score (nSPS) is 16.0. The number of carbonyl (C=O) groups is 1. The smallest absolute Gasteiger partial charge is 0.335 e. The Hall–Kier alpha value is -1.60. The zero-order chi connectivity index (χ0) is 15.5. The molecular weight excluding hydrogens is 294 g/mol. The molecule has 0 aliphatic heterocycles. The highest BCUT2D eigenvalue weighted by molar-refractivity contribution is 7.89. The van der Waals surface area contributed by atoms with Crippen LogP contribution in [0.15, 0.2) is 23.1 Å². The number of rotatable bonds is 6. The van der Waals surface area contributed by atoms with Crippen molar-refractivity contribution < 1.29 is 23.1 Å². The van der Waals surface area contributed by atoms with Gasteiger partial charge in [0.05, 0.1) is 12.7 Å². The molecule has 1 saturated carbocycles. The fourth-order valence-electron chi connectivity index (χ4n) is 2.54. The van der Waals surface area contributed by atoms with Crippen molar-refractivity contribution in [2.24, 2.45) is 5.92 Å². The largest absolute Gasteiger partial charge is 0.495 e. The third kappa shape index (κ3) is 3.74. The zero-order valence-electron chi connectivity index (χ0n) is 11.8. The Morgan fingerprint density at radius 2 is 2.05 bits per heavy atom. The Labute approximate surface area is 124 Å². The lowest BCUT2D eigenvalue weighted by Gasteiger charge is -2.14. The first-order valence-corrected chi connectivity index (χ1v) is 8.33. The van der Waals surface area contributed by atoms with E-state index in [1.165, 1.54) is 19.2 Å². The molecule has 0 heterocycles. The second kappa shape index (κ2) is 6.44. The molecule has 0 unspecified atom stereocenters. The van der Waals surface area contributed by atoms with Gasteiger partial charge in [0.15, 0.2) is 0 Å². The van der Waals surface area contributed by atoms with Crippen molar-refractivity contribution in [2.45, 2.75) is 30.6 Å². The van der Waals surface area contributed by atoms with Crippen LogP contribution in [-0.4, -0.2) is 33.1 Å². The number of sulfonamides is 1. The minimum absolute atomic E-state index is 0.0861. The maximum absolute atomic E-state index is 12.4. The molecule has 1 aliphatic carbocycles. The van der Waals surface area contributed by atoms with Gasteiger partial charge in [0, 0.05) is 6.54 Å². The number of carboxylic acid groups (broad SMARTS) is 1. The molecule has 1 aliphatic rings. The van der Waals surface area contributed by atoms with E-state index in [2.05, 4.69) is 4.72 Å². The molecule has 0 spiro atoms. The quantitative estimate of drug-likeness (QED) is 0.836. The van der Waals surface area contributed by atoms with Gasteiger partial charge in [-0.15, -0.1) is 0 Å². The van der Waals surface area contributed by atoms with Crippen LogP contribution in [0.4, 0.5) is 0 Å². The van der Waals surface area contributed by atoms with Gasteiger partial charge in [-0.1, -0.05) is 12.8 Å². The molecule has 1 aromatic carbocycles. The monoisotopic (exact) mass is 313 g/mol. The minimum Gasteiger partial charge on any atom is -0.495 e. The molecule has 2 rings (SSSR count). The summed E-state index contributed by atoms with van der Waals surface area (Å²) in [6.07, 6.45) is 4.30. The second-order valence-electron chi connectivity index (χ2n) is 5.17. The molecule has 0 saturated heterocycles. The van der Waals surface area contributed by atoms with Crippen LogP contribution in [0.25, 0.3) is 0 Å². The van der Waals surface area contributed by atoms with Gasteiger partial charge in [-0.3, -0.25) is 0 Å². The number of methoxy groups -OCH3 is 1. The highest BCUT2D eigenvalue weighted by Gasteiger charge is 2.23. The van der Waals surface area contributed by atoms with E-state index in [-0.39, 0.29) is 16.2 Å². The maximum Gasteiger partial charge on any atom is 0.335 e. The lowest BCUT2D eigenvalue weighted by atomic mass is 10.1. The summed E-state index contributed by atoms with van der Waals surface area (Å²) in [6, 6.07) is 3.79. The molecule has 1 fully saturated rings. The molecule has 0 radical (unpaired) electrons. The van der Waals surface area contributed by atoms with E-state index in [0.717, 1.165) is 31.7 Å². The van der Waals surface area contributed by atoms with Gasteiger partial charge in [-0.2, -0.15) is 0 Å². The number of aromatic carboxylic acids is 1. The summed E-state index contributed by atoms with van der Waals surface area (Å²) < 4.78 is 32.3. The van der Waals surface area contributed by atoms with E-state index >= 15 is 0 Å². The van der Waals surface area contributed by atoms with Gasteiger partial charge in [-0.05, 0) is 37.0 Å². The van der Waals surface area contributed by atoms with Gasteiger partial charge in [0.2, 0.25) is 10.0 Å². The minimum atomic E-state index is -3.78. The van der Waals surface area contributed by atoms with Crippen LogP contribution in [0.5, 0.6) is 5.75 Å². The van der Waals surface area contributed by atoms with Gasteiger partial charge in [0.1, 0.15) is 10.6 Å². The number of carboxylic acids is 1. The Balaban J connectivity index is 2.24. The summed E-state index contributed by atoms with van der Waals surface area (Å²) >= 11 is 0. The summed E-state index contributed by atoms with van der Waals surface area (Å²) in [7, 11) is -2.43. The summed E-state index contributed by atoms with van der Waals surface area (Å²) in [4.78, 5) is 10.9. The fourth-order valence-corrected chi connectivity index (χ4v) is 3.85. The molecule has 6 nitrogen and oxygen atoms in total. The van der Waals surface area contributed by atoms with Crippen LogP contribution >= 0.6 is 0 Å². The number of hydrogen-bond donors (Lipinski definition) is 2. The van der Waals surface area contributed by atoms with Crippen molar-refractivity contribution in [3.05, 3.63) is 23.8 Å². The van der Waals surface area contributed by atoms with Crippen LogP contribution in [0.3, 0.4) is 0 Å². The van der Waals surface area contributed by atoms with Gasteiger partial charge >= 0.3 is 5.97 Å². The summed E-state index contributed by atoms with van der Waals surface area (Å²) in [5.41, 5.74) is -0.0861. The number of hydrogen-bond acceptors (Lipinski definition) is 4. The molecule has 0 amide bonds. The lowest BCUT2D eigenvalue weighted by molar-refractivity contribution is 0.0696. The van der Waals surface area contributed by atoms with Gasteiger partial charge < -0.3 is 9.84 Å².